The summed E-state index contributed by atoms with van der Waals surface area (Å²) in [6, 6.07) is 5.00. The molecular formula is C14H15NO4. The summed E-state index contributed by atoms with van der Waals surface area (Å²) >= 11 is 0. The molecule has 1 aromatic rings. The Balaban J connectivity index is 2.38. The van der Waals surface area contributed by atoms with Gasteiger partial charge >= 0.3 is 0 Å². The van der Waals surface area contributed by atoms with Crippen molar-refractivity contribution in [2.45, 2.75) is 19.4 Å². The fraction of sp³-hybridized carbons (Fsp3) is 0.286. The number of aliphatic hydroxyl groups is 1. The van der Waals surface area contributed by atoms with E-state index in [4.69, 9.17) is 4.84 Å². The number of rotatable bonds is 5. The molecule has 0 bridgehead atoms. The normalized spacial score (nSPS) is 15.6. The van der Waals surface area contributed by atoms with Crippen LogP contribution < -0.4 is 0 Å². The predicted octanol–water partition coefficient (Wildman–Crippen LogP) is 1.32. The van der Waals surface area contributed by atoms with Crippen molar-refractivity contribution >= 4 is 11.8 Å². The van der Waals surface area contributed by atoms with Gasteiger partial charge in [-0.2, -0.15) is 0 Å². The van der Waals surface area contributed by atoms with E-state index in [1.807, 2.05) is 0 Å². The minimum absolute atomic E-state index is 0.0806. The van der Waals surface area contributed by atoms with E-state index < -0.39 is 17.9 Å². The van der Waals surface area contributed by atoms with Crippen LogP contribution in [0.4, 0.5) is 0 Å². The second-order valence-electron chi connectivity index (χ2n) is 4.38. The molecular weight excluding hydrogens is 246 g/mol. The summed E-state index contributed by atoms with van der Waals surface area (Å²) in [5.41, 5.74) is 1.28. The summed E-state index contributed by atoms with van der Waals surface area (Å²) in [5.74, 6) is -0.965. The first kappa shape index (κ1) is 13.5. The van der Waals surface area contributed by atoms with Gasteiger partial charge in [0.05, 0.1) is 23.8 Å². The number of carbonyl (C=O) groups excluding carboxylic acids is 2. The fourth-order valence-electron chi connectivity index (χ4n) is 2.07. The number of amides is 2. The minimum Gasteiger partial charge on any atom is -0.393 e. The number of imide groups is 1. The molecule has 100 valence electrons. The third-order valence-corrected chi connectivity index (χ3v) is 2.80. The first-order valence-corrected chi connectivity index (χ1v) is 5.98. The summed E-state index contributed by atoms with van der Waals surface area (Å²) in [7, 11) is 0. The van der Waals surface area contributed by atoms with Gasteiger partial charge < -0.3 is 5.11 Å². The van der Waals surface area contributed by atoms with Crippen molar-refractivity contribution in [3.63, 3.8) is 0 Å². The van der Waals surface area contributed by atoms with Gasteiger partial charge in [0.1, 0.15) is 0 Å². The summed E-state index contributed by atoms with van der Waals surface area (Å²) in [5, 5.41) is 10.2. The molecule has 0 radical (unpaired) electrons. The standard InChI is InChI=1S/C14H15NO4/c1-3-7-19-15-13(17)11-6-4-5-10(8-9(2)16)12(11)14(15)18/h3-6,9,16H,1,7-8H2,2H3. The summed E-state index contributed by atoms with van der Waals surface area (Å²) < 4.78 is 0. The second kappa shape index (κ2) is 5.34. The van der Waals surface area contributed by atoms with Crippen molar-refractivity contribution in [2.75, 3.05) is 6.61 Å². The zero-order chi connectivity index (χ0) is 14.0. The van der Waals surface area contributed by atoms with E-state index in [9.17, 15) is 14.7 Å². The van der Waals surface area contributed by atoms with Gasteiger partial charge in [-0.25, -0.2) is 0 Å². The van der Waals surface area contributed by atoms with E-state index >= 15 is 0 Å². The van der Waals surface area contributed by atoms with Crippen molar-refractivity contribution in [3.8, 4) is 0 Å². The van der Waals surface area contributed by atoms with Gasteiger partial charge in [0, 0.05) is 0 Å². The lowest BCUT2D eigenvalue weighted by Crippen LogP contribution is -2.30. The lowest BCUT2D eigenvalue weighted by molar-refractivity contribution is -0.0801. The zero-order valence-corrected chi connectivity index (χ0v) is 10.6. The van der Waals surface area contributed by atoms with Gasteiger partial charge in [0.25, 0.3) is 11.8 Å². The van der Waals surface area contributed by atoms with Gasteiger partial charge in [-0.05, 0) is 25.0 Å². The third kappa shape index (κ3) is 2.43. The quantitative estimate of drug-likeness (QED) is 0.641. The Kier molecular flexibility index (Phi) is 3.78. The molecule has 0 saturated heterocycles. The van der Waals surface area contributed by atoms with E-state index in [0.29, 0.717) is 23.1 Å². The molecule has 0 aliphatic carbocycles. The van der Waals surface area contributed by atoms with Gasteiger partial charge in [0.2, 0.25) is 0 Å². The monoisotopic (exact) mass is 261 g/mol. The topological polar surface area (TPSA) is 66.8 Å². The maximum Gasteiger partial charge on any atom is 0.286 e. The number of carbonyl (C=O) groups is 2. The molecule has 1 aliphatic heterocycles. The van der Waals surface area contributed by atoms with E-state index in [1.165, 1.54) is 6.08 Å². The van der Waals surface area contributed by atoms with E-state index in [2.05, 4.69) is 6.58 Å². The van der Waals surface area contributed by atoms with Crippen LogP contribution in [0.1, 0.15) is 33.2 Å². The number of fused-ring (bicyclic) bond motifs is 1. The number of hydrogen-bond acceptors (Lipinski definition) is 4. The average Bonchev–Trinajstić information content (AvgIpc) is 2.60. The summed E-state index contributed by atoms with van der Waals surface area (Å²) in [4.78, 5) is 29.3. The van der Waals surface area contributed by atoms with Crippen LogP contribution in [0.2, 0.25) is 0 Å². The number of hydroxylamine groups is 2. The van der Waals surface area contributed by atoms with Crippen LogP contribution in [0.15, 0.2) is 30.9 Å². The van der Waals surface area contributed by atoms with Gasteiger partial charge in [-0.3, -0.25) is 14.4 Å². The smallest absolute Gasteiger partial charge is 0.286 e. The maximum absolute atomic E-state index is 12.2. The first-order valence-electron chi connectivity index (χ1n) is 5.98. The molecule has 0 aromatic heterocycles. The highest BCUT2D eigenvalue weighted by atomic mass is 16.7. The molecule has 1 heterocycles. The molecule has 5 nitrogen and oxygen atoms in total. The molecule has 1 aromatic carbocycles. The fourth-order valence-corrected chi connectivity index (χ4v) is 2.07. The summed E-state index contributed by atoms with van der Waals surface area (Å²) in [6.07, 6.45) is 1.19. The number of hydrogen-bond donors (Lipinski definition) is 1. The number of benzene rings is 1. The van der Waals surface area contributed by atoms with E-state index in [0.717, 1.165) is 5.06 Å². The third-order valence-electron chi connectivity index (χ3n) is 2.80. The molecule has 1 unspecified atom stereocenters. The molecule has 0 spiro atoms. The Labute approximate surface area is 111 Å². The molecule has 5 heteroatoms. The lowest BCUT2D eigenvalue weighted by atomic mass is 9.98. The van der Waals surface area contributed by atoms with Crippen LogP contribution in [0.25, 0.3) is 0 Å². The van der Waals surface area contributed by atoms with Crippen LogP contribution in [-0.2, 0) is 11.3 Å². The largest absolute Gasteiger partial charge is 0.393 e. The molecule has 0 saturated carbocycles. The number of nitrogens with zero attached hydrogens (tertiary/aromatic N) is 1. The van der Waals surface area contributed by atoms with Crippen molar-refractivity contribution < 1.29 is 19.5 Å². The van der Waals surface area contributed by atoms with E-state index in [1.54, 1.807) is 25.1 Å². The molecule has 1 aliphatic rings. The Morgan fingerprint density at radius 3 is 2.79 bits per heavy atom. The van der Waals surface area contributed by atoms with Gasteiger partial charge in [0.15, 0.2) is 0 Å². The predicted molar refractivity (Wildman–Crippen MR) is 68.5 cm³/mol. The maximum atomic E-state index is 12.2. The van der Waals surface area contributed by atoms with Gasteiger partial charge in [-0.15, -0.1) is 11.6 Å². The Bertz CT molecular complexity index is 536. The molecule has 1 N–H and O–H groups in total. The van der Waals surface area contributed by atoms with Crippen molar-refractivity contribution in [1.82, 2.24) is 5.06 Å². The molecule has 2 amide bonds. The highest BCUT2D eigenvalue weighted by Gasteiger charge is 2.38. The molecule has 2 rings (SSSR count). The first-order chi connectivity index (χ1) is 9.06. The average molecular weight is 261 g/mol. The Morgan fingerprint density at radius 2 is 2.16 bits per heavy atom. The Morgan fingerprint density at radius 1 is 1.42 bits per heavy atom. The van der Waals surface area contributed by atoms with Gasteiger partial charge in [-0.1, -0.05) is 18.2 Å². The van der Waals surface area contributed by atoms with Crippen LogP contribution in [0.3, 0.4) is 0 Å². The molecule has 1 atom stereocenters. The second-order valence-corrected chi connectivity index (χ2v) is 4.38. The SMILES string of the molecule is C=CCON1C(=O)c2cccc(CC(C)O)c2C1=O. The lowest BCUT2D eigenvalue weighted by Gasteiger charge is -2.12. The van der Waals surface area contributed by atoms with Crippen LogP contribution in [0, 0.1) is 0 Å². The van der Waals surface area contributed by atoms with E-state index in [-0.39, 0.29) is 6.61 Å². The highest BCUT2D eigenvalue weighted by Crippen LogP contribution is 2.27. The summed E-state index contributed by atoms with van der Waals surface area (Å²) in [6.45, 7) is 5.18. The highest BCUT2D eigenvalue weighted by molar-refractivity contribution is 6.21. The van der Waals surface area contributed by atoms with Crippen molar-refractivity contribution in [3.05, 3.63) is 47.5 Å². The zero-order valence-electron chi connectivity index (χ0n) is 10.6. The molecule has 19 heavy (non-hydrogen) atoms. The van der Waals surface area contributed by atoms with Crippen LogP contribution in [-0.4, -0.2) is 34.7 Å². The van der Waals surface area contributed by atoms with Crippen LogP contribution >= 0.6 is 0 Å². The van der Waals surface area contributed by atoms with Crippen LogP contribution in [0.5, 0.6) is 0 Å². The number of aliphatic hydroxyl groups excluding tert-OH is 1. The molecule has 0 fully saturated rings. The minimum atomic E-state index is -0.586. The van der Waals surface area contributed by atoms with Crippen molar-refractivity contribution in [2.24, 2.45) is 0 Å². The Hall–Kier alpha value is -1.98. The van der Waals surface area contributed by atoms with Crippen molar-refractivity contribution in [1.29, 1.82) is 0 Å².